The van der Waals surface area contributed by atoms with Crippen molar-refractivity contribution in [3.8, 4) is 0 Å². The van der Waals surface area contributed by atoms with Gasteiger partial charge in [-0.05, 0) is 37.1 Å². The van der Waals surface area contributed by atoms with Crippen LogP contribution in [-0.4, -0.2) is 5.78 Å². The Labute approximate surface area is 96.7 Å². The summed E-state index contributed by atoms with van der Waals surface area (Å²) in [6.45, 7) is 4.15. The number of ketones is 1. The lowest BCUT2D eigenvalue weighted by Gasteiger charge is -2.12. The highest BCUT2D eigenvalue weighted by Crippen LogP contribution is 2.18. The van der Waals surface area contributed by atoms with Gasteiger partial charge in [-0.15, -0.1) is 0 Å². The van der Waals surface area contributed by atoms with E-state index in [1.54, 1.807) is 12.1 Å². The van der Waals surface area contributed by atoms with E-state index in [4.69, 9.17) is 0 Å². The lowest BCUT2D eigenvalue weighted by molar-refractivity contribution is 0.0908. The van der Waals surface area contributed by atoms with E-state index in [2.05, 4.69) is 6.92 Å². The molecule has 16 heavy (non-hydrogen) atoms. The fraction of sp³-hybridized carbons (Fsp3) is 0.500. The Bertz CT molecular complexity index is 329. The number of halogens is 1. The van der Waals surface area contributed by atoms with E-state index in [-0.39, 0.29) is 17.5 Å². The van der Waals surface area contributed by atoms with Gasteiger partial charge in [-0.3, -0.25) is 4.79 Å². The Balaban J connectivity index is 2.70. The number of hydrogen-bond acceptors (Lipinski definition) is 1. The van der Waals surface area contributed by atoms with Crippen molar-refractivity contribution in [1.29, 1.82) is 0 Å². The van der Waals surface area contributed by atoms with Gasteiger partial charge in [0.2, 0.25) is 0 Å². The van der Waals surface area contributed by atoms with E-state index in [0.29, 0.717) is 5.56 Å². The van der Waals surface area contributed by atoms with Crippen LogP contribution in [0, 0.1) is 11.7 Å². The number of benzene rings is 1. The molecule has 0 heterocycles. The van der Waals surface area contributed by atoms with Crippen molar-refractivity contribution in [2.75, 3.05) is 0 Å². The highest BCUT2D eigenvalue weighted by molar-refractivity contribution is 5.97. The number of hydrogen-bond donors (Lipinski definition) is 0. The van der Waals surface area contributed by atoms with Crippen molar-refractivity contribution in [3.05, 3.63) is 35.6 Å². The monoisotopic (exact) mass is 222 g/mol. The van der Waals surface area contributed by atoms with Gasteiger partial charge in [0, 0.05) is 11.5 Å². The summed E-state index contributed by atoms with van der Waals surface area (Å²) in [6, 6.07) is 5.85. The minimum atomic E-state index is -0.293. The third-order valence-electron chi connectivity index (χ3n) is 2.90. The maximum atomic E-state index is 12.7. The molecule has 0 amide bonds. The maximum Gasteiger partial charge on any atom is 0.165 e. The molecule has 0 N–H and O–H groups in total. The van der Waals surface area contributed by atoms with Gasteiger partial charge in [-0.25, -0.2) is 4.39 Å². The number of carbonyl (C=O) groups is 1. The molecule has 0 aliphatic rings. The van der Waals surface area contributed by atoms with Gasteiger partial charge in [0.1, 0.15) is 5.82 Å². The molecule has 0 saturated carbocycles. The highest BCUT2D eigenvalue weighted by atomic mass is 19.1. The lowest BCUT2D eigenvalue weighted by Crippen LogP contribution is -2.14. The van der Waals surface area contributed by atoms with Crippen molar-refractivity contribution in [2.45, 2.75) is 39.5 Å². The van der Waals surface area contributed by atoms with Crippen LogP contribution in [0.25, 0.3) is 0 Å². The molecule has 0 bridgehead atoms. The molecular weight excluding hydrogens is 203 g/mol. The molecular formula is C14H19FO. The molecule has 0 radical (unpaired) electrons. The first-order valence-electron chi connectivity index (χ1n) is 5.98. The quantitative estimate of drug-likeness (QED) is 0.658. The first-order valence-corrected chi connectivity index (χ1v) is 5.98. The van der Waals surface area contributed by atoms with Crippen molar-refractivity contribution in [2.24, 2.45) is 5.92 Å². The second kappa shape index (κ2) is 6.41. The van der Waals surface area contributed by atoms with Gasteiger partial charge in [-0.2, -0.15) is 0 Å². The van der Waals surface area contributed by atoms with Crippen LogP contribution < -0.4 is 0 Å². The van der Waals surface area contributed by atoms with Crippen molar-refractivity contribution >= 4 is 5.78 Å². The minimum Gasteiger partial charge on any atom is -0.294 e. The van der Waals surface area contributed by atoms with Crippen molar-refractivity contribution in [3.63, 3.8) is 0 Å². The third-order valence-corrected chi connectivity index (χ3v) is 2.90. The SMILES string of the molecule is CCCCC(CC)C(=O)c1ccc(F)cc1. The summed E-state index contributed by atoms with van der Waals surface area (Å²) in [5.41, 5.74) is 0.629. The van der Waals surface area contributed by atoms with Gasteiger partial charge < -0.3 is 0 Å². The smallest absolute Gasteiger partial charge is 0.165 e. The molecule has 1 nitrogen and oxygen atoms in total. The Morgan fingerprint density at radius 1 is 1.25 bits per heavy atom. The predicted octanol–water partition coefficient (Wildman–Crippen LogP) is 4.22. The van der Waals surface area contributed by atoms with E-state index < -0.39 is 0 Å². The van der Waals surface area contributed by atoms with Gasteiger partial charge in [0.25, 0.3) is 0 Å². The molecule has 1 aromatic carbocycles. The molecule has 1 aromatic rings. The van der Waals surface area contributed by atoms with Crippen LogP contribution in [0.1, 0.15) is 49.9 Å². The lowest BCUT2D eigenvalue weighted by atomic mass is 9.91. The largest absolute Gasteiger partial charge is 0.294 e. The summed E-state index contributed by atoms with van der Waals surface area (Å²) < 4.78 is 12.7. The number of carbonyl (C=O) groups excluding carboxylic acids is 1. The molecule has 0 spiro atoms. The van der Waals surface area contributed by atoms with E-state index in [9.17, 15) is 9.18 Å². The molecule has 0 aliphatic heterocycles. The summed E-state index contributed by atoms with van der Waals surface area (Å²) in [5.74, 6) is -0.0560. The first-order chi connectivity index (χ1) is 7.69. The Kier molecular flexibility index (Phi) is 5.17. The molecule has 1 rings (SSSR count). The average molecular weight is 222 g/mol. The molecule has 88 valence electrons. The number of unbranched alkanes of at least 4 members (excludes halogenated alkanes) is 1. The topological polar surface area (TPSA) is 17.1 Å². The number of Topliss-reactive ketones (excluding diaryl/α,β-unsaturated/α-hetero) is 1. The Hall–Kier alpha value is -1.18. The summed E-state index contributed by atoms with van der Waals surface area (Å²) >= 11 is 0. The summed E-state index contributed by atoms with van der Waals surface area (Å²) in [4.78, 5) is 12.1. The summed E-state index contributed by atoms with van der Waals surface area (Å²) in [5, 5.41) is 0. The van der Waals surface area contributed by atoms with Crippen molar-refractivity contribution in [1.82, 2.24) is 0 Å². The van der Waals surface area contributed by atoms with E-state index >= 15 is 0 Å². The van der Waals surface area contributed by atoms with Crippen LogP contribution >= 0.6 is 0 Å². The minimum absolute atomic E-state index is 0.0883. The van der Waals surface area contributed by atoms with Crippen LogP contribution in [-0.2, 0) is 0 Å². The van der Waals surface area contributed by atoms with E-state index in [1.165, 1.54) is 12.1 Å². The predicted molar refractivity (Wildman–Crippen MR) is 64.0 cm³/mol. The molecule has 0 aliphatic carbocycles. The van der Waals surface area contributed by atoms with Gasteiger partial charge in [0.05, 0.1) is 0 Å². The van der Waals surface area contributed by atoms with Crippen LogP contribution in [0.2, 0.25) is 0 Å². The second-order valence-electron chi connectivity index (χ2n) is 4.12. The standard InChI is InChI=1S/C14H19FO/c1-3-5-6-11(4-2)14(16)12-7-9-13(15)10-8-12/h7-11H,3-6H2,1-2H3. The van der Waals surface area contributed by atoms with Crippen LogP contribution in [0.15, 0.2) is 24.3 Å². The molecule has 0 saturated heterocycles. The highest BCUT2D eigenvalue weighted by Gasteiger charge is 2.17. The fourth-order valence-corrected chi connectivity index (χ4v) is 1.82. The normalized spacial score (nSPS) is 12.4. The molecule has 0 aromatic heterocycles. The van der Waals surface area contributed by atoms with E-state index in [1.807, 2.05) is 6.92 Å². The van der Waals surface area contributed by atoms with Crippen LogP contribution in [0.3, 0.4) is 0 Å². The number of rotatable bonds is 6. The summed E-state index contributed by atoms with van der Waals surface area (Å²) in [6.07, 6.45) is 3.97. The molecule has 0 fully saturated rings. The fourth-order valence-electron chi connectivity index (χ4n) is 1.82. The summed E-state index contributed by atoms with van der Waals surface area (Å²) in [7, 11) is 0. The molecule has 1 atom stereocenters. The third kappa shape index (κ3) is 3.44. The van der Waals surface area contributed by atoms with Crippen molar-refractivity contribution < 1.29 is 9.18 Å². The Morgan fingerprint density at radius 3 is 2.38 bits per heavy atom. The zero-order valence-corrected chi connectivity index (χ0v) is 10.0. The second-order valence-corrected chi connectivity index (χ2v) is 4.12. The zero-order valence-electron chi connectivity index (χ0n) is 10.0. The van der Waals surface area contributed by atoms with Gasteiger partial charge >= 0.3 is 0 Å². The van der Waals surface area contributed by atoms with Crippen LogP contribution in [0.5, 0.6) is 0 Å². The zero-order chi connectivity index (χ0) is 12.0. The Morgan fingerprint density at radius 2 is 1.88 bits per heavy atom. The van der Waals surface area contributed by atoms with E-state index in [0.717, 1.165) is 25.7 Å². The van der Waals surface area contributed by atoms with Gasteiger partial charge in [0.15, 0.2) is 5.78 Å². The maximum absolute atomic E-state index is 12.7. The molecule has 2 heteroatoms. The molecule has 1 unspecified atom stereocenters. The first kappa shape index (κ1) is 12.9. The van der Waals surface area contributed by atoms with Gasteiger partial charge in [-0.1, -0.05) is 26.7 Å². The van der Waals surface area contributed by atoms with Crippen LogP contribution in [0.4, 0.5) is 4.39 Å². The average Bonchev–Trinajstić information content (AvgIpc) is 2.30.